The number of hydrogen-bond acceptors (Lipinski definition) is 3. The molecule has 1 rings (SSSR count). The summed E-state index contributed by atoms with van der Waals surface area (Å²) in [6.07, 6.45) is 2.39. The molecule has 1 aromatic heterocycles. The third kappa shape index (κ3) is 2.94. The molecule has 0 unspecified atom stereocenters. The molecule has 0 saturated carbocycles. The highest BCUT2D eigenvalue weighted by atomic mass is 79.9. The van der Waals surface area contributed by atoms with E-state index in [1.54, 1.807) is 17.5 Å². The molecule has 0 aliphatic heterocycles. The van der Waals surface area contributed by atoms with E-state index < -0.39 is 10.0 Å². The van der Waals surface area contributed by atoms with Gasteiger partial charge >= 0.3 is 0 Å². The van der Waals surface area contributed by atoms with E-state index in [-0.39, 0.29) is 0 Å². The molecule has 3 nitrogen and oxygen atoms in total. The highest BCUT2D eigenvalue weighted by molar-refractivity contribution is 9.10. The number of halogens is 1. The number of sulfonamides is 1. The van der Waals surface area contributed by atoms with Crippen molar-refractivity contribution >= 4 is 37.3 Å². The highest BCUT2D eigenvalue weighted by Gasteiger charge is 2.26. The zero-order valence-corrected chi connectivity index (χ0v) is 12.2. The van der Waals surface area contributed by atoms with Crippen molar-refractivity contribution in [1.82, 2.24) is 4.31 Å². The van der Waals surface area contributed by atoms with Crippen molar-refractivity contribution in [2.75, 3.05) is 13.1 Å². The van der Waals surface area contributed by atoms with Gasteiger partial charge < -0.3 is 0 Å². The van der Waals surface area contributed by atoms with Crippen molar-refractivity contribution in [2.45, 2.75) is 17.6 Å². The fourth-order valence-electron chi connectivity index (χ4n) is 1.28. The van der Waals surface area contributed by atoms with E-state index in [1.165, 1.54) is 15.6 Å². The van der Waals surface area contributed by atoms with Crippen LogP contribution in [0.1, 0.15) is 13.3 Å². The summed E-state index contributed by atoms with van der Waals surface area (Å²) in [6, 6.07) is 1.75. The molecule has 1 aromatic rings. The maximum absolute atomic E-state index is 12.3. The van der Waals surface area contributed by atoms with E-state index >= 15 is 0 Å². The van der Waals surface area contributed by atoms with Gasteiger partial charge in [-0.15, -0.1) is 17.9 Å². The molecule has 0 atom stereocenters. The molecule has 0 amide bonds. The fraction of sp³-hybridized carbons (Fsp3) is 0.400. The maximum Gasteiger partial charge on any atom is 0.253 e. The Balaban J connectivity index is 3.07. The van der Waals surface area contributed by atoms with Crippen LogP contribution in [0.4, 0.5) is 0 Å². The lowest BCUT2D eigenvalue weighted by Crippen LogP contribution is -2.31. The van der Waals surface area contributed by atoms with Crippen LogP contribution < -0.4 is 0 Å². The Kier molecular flexibility index (Phi) is 5.17. The van der Waals surface area contributed by atoms with Gasteiger partial charge in [-0.2, -0.15) is 4.31 Å². The van der Waals surface area contributed by atoms with Crippen molar-refractivity contribution in [3.05, 3.63) is 28.6 Å². The largest absolute Gasteiger partial charge is 0.253 e. The van der Waals surface area contributed by atoms with Crippen LogP contribution >= 0.6 is 27.3 Å². The second-order valence-electron chi connectivity index (χ2n) is 3.21. The van der Waals surface area contributed by atoms with Gasteiger partial charge in [0.15, 0.2) is 0 Å². The number of rotatable bonds is 6. The van der Waals surface area contributed by atoms with Crippen LogP contribution in [-0.4, -0.2) is 25.8 Å². The van der Waals surface area contributed by atoms with E-state index in [2.05, 4.69) is 22.5 Å². The lowest BCUT2D eigenvalue weighted by molar-refractivity contribution is 0.442. The van der Waals surface area contributed by atoms with Crippen molar-refractivity contribution in [1.29, 1.82) is 0 Å². The molecular weight excluding hydrogens is 310 g/mol. The van der Waals surface area contributed by atoms with Crippen LogP contribution in [0, 0.1) is 0 Å². The summed E-state index contributed by atoms with van der Waals surface area (Å²) in [5.41, 5.74) is 0. The van der Waals surface area contributed by atoms with Gasteiger partial charge in [0.2, 0.25) is 0 Å². The zero-order chi connectivity index (χ0) is 12.2. The Hall–Kier alpha value is -0.170. The maximum atomic E-state index is 12.3. The Labute approximate surface area is 109 Å². The predicted molar refractivity (Wildman–Crippen MR) is 71.3 cm³/mol. The first kappa shape index (κ1) is 13.9. The molecule has 0 N–H and O–H groups in total. The van der Waals surface area contributed by atoms with Gasteiger partial charge in [0, 0.05) is 17.6 Å². The summed E-state index contributed by atoms with van der Waals surface area (Å²) in [5, 5.41) is 1.76. The average molecular weight is 324 g/mol. The summed E-state index contributed by atoms with van der Waals surface area (Å²) in [7, 11) is -3.38. The van der Waals surface area contributed by atoms with E-state index in [1.807, 2.05) is 6.92 Å². The summed E-state index contributed by atoms with van der Waals surface area (Å²) >= 11 is 4.48. The molecule has 0 saturated heterocycles. The lowest BCUT2D eigenvalue weighted by atomic mass is 10.5. The SMILES string of the molecule is C=CCN(CCC)S(=O)(=O)c1sccc1Br. The molecule has 0 aliphatic carbocycles. The Morgan fingerprint density at radius 2 is 2.31 bits per heavy atom. The first-order valence-corrected chi connectivity index (χ1v) is 7.99. The van der Waals surface area contributed by atoms with Crippen molar-refractivity contribution in [3.8, 4) is 0 Å². The third-order valence-corrected chi connectivity index (χ3v) is 6.48. The van der Waals surface area contributed by atoms with Gasteiger partial charge in [-0.25, -0.2) is 8.42 Å². The van der Waals surface area contributed by atoms with E-state index in [0.717, 1.165) is 6.42 Å². The van der Waals surface area contributed by atoms with Gasteiger partial charge in [0.25, 0.3) is 10.0 Å². The van der Waals surface area contributed by atoms with Gasteiger partial charge in [-0.05, 0) is 33.8 Å². The summed E-state index contributed by atoms with van der Waals surface area (Å²) in [6.45, 7) is 6.40. The normalized spacial score (nSPS) is 11.9. The molecule has 0 bridgehead atoms. The van der Waals surface area contributed by atoms with E-state index in [9.17, 15) is 8.42 Å². The molecule has 0 aromatic carbocycles. The van der Waals surface area contributed by atoms with Crippen LogP contribution in [0.15, 0.2) is 32.8 Å². The second-order valence-corrected chi connectivity index (χ2v) is 7.11. The van der Waals surface area contributed by atoms with E-state index in [4.69, 9.17) is 0 Å². The Bertz CT molecular complexity index is 453. The molecule has 0 radical (unpaired) electrons. The summed E-state index contributed by atoms with van der Waals surface area (Å²) in [5.74, 6) is 0. The van der Waals surface area contributed by atoms with Crippen LogP contribution in [0.5, 0.6) is 0 Å². The van der Waals surface area contributed by atoms with Crippen molar-refractivity contribution in [3.63, 3.8) is 0 Å². The Morgan fingerprint density at radius 3 is 2.75 bits per heavy atom. The van der Waals surface area contributed by atoms with Gasteiger partial charge in [0.1, 0.15) is 4.21 Å². The molecule has 90 valence electrons. The van der Waals surface area contributed by atoms with Gasteiger partial charge in [-0.1, -0.05) is 13.0 Å². The summed E-state index contributed by atoms with van der Waals surface area (Å²) in [4.78, 5) is 0. The number of nitrogens with zero attached hydrogens (tertiary/aromatic N) is 1. The first-order chi connectivity index (χ1) is 7.54. The third-order valence-electron chi connectivity index (χ3n) is 1.96. The molecule has 0 aliphatic rings. The minimum atomic E-state index is -3.38. The quantitative estimate of drug-likeness (QED) is 0.754. The second kappa shape index (κ2) is 5.95. The first-order valence-electron chi connectivity index (χ1n) is 4.88. The standard InChI is InChI=1S/C10H14BrNO2S2/c1-3-6-12(7-4-2)16(13,14)10-9(11)5-8-15-10/h3,5,8H,1,4,6-7H2,2H3. The minimum Gasteiger partial charge on any atom is -0.206 e. The van der Waals surface area contributed by atoms with Gasteiger partial charge in [-0.3, -0.25) is 0 Å². The van der Waals surface area contributed by atoms with Crippen LogP contribution in [0.2, 0.25) is 0 Å². The zero-order valence-electron chi connectivity index (χ0n) is 9.02. The van der Waals surface area contributed by atoms with Crippen LogP contribution in [-0.2, 0) is 10.0 Å². The van der Waals surface area contributed by atoms with Crippen LogP contribution in [0.3, 0.4) is 0 Å². The average Bonchev–Trinajstić information content (AvgIpc) is 2.65. The fourth-order valence-corrected chi connectivity index (χ4v) is 5.24. The monoisotopic (exact) mass is 323 g/mol. The molecule has 6 heteroatoms. The van der Waals surface area contributed by atoms with E-state index in [0.29, 0.717) is 21.8 Å². The topological polar surface area (TPSA) is 37.4 Å². The van der Waals surface area contributed by atoms with Crippen molar-refractivity contribution in [2.24, 2.45) is 0 Å². The van der Waals surface area contributed by atoms with Crippen molar-refractivity contribution < 1.29 is 8.42 Å². The number of hydrogen-bond donors (Lipinski definition) is 0. The predicted octanol–water partition coefficient (Wildman–Crippen LogP) is 3.10. The minimum absolute atomic E-state index is 0.348. The highest BCUT2D eigenvalue weighted by Crippen LogP contribution is 2.30. The summed E-state index contributed by atoms with van der Waals surface area (Å²) < 4.78 is 26.9. The molecule has 0 fully saturated rings. The Morgan fingerprint density at radius 1 is 1.62 bits per heavy atom. The number of thiophene rings is 1. The molecule has 0 spiro atoms. The van der Waals surface area contributed by atoms with Gasteiger partial charge in [0.05, 0.1) is 0 Å². The van der Waals surface area contributed by atoms with Crippen LogP contribution in [0.25, 0.3) is 0 Å². The molecule has 1 heterocycles. The molecular formula is C10H14BrNO2S2. The lowest BCUT2D eigenvalue weighted by Gasteiger charge is -2.19. The smallest absolute Gasteiger partial charge is 0.206 e. The molecule has 16 heavy (non-hydrogen) atoms.